The van der Waals surface area contributed by atoms with Gasteiger partial charge in [0, 0.05) is 0 Å². The van der Waals surface area contributed by atoms with E-state index in [0.29, 0.717) is 30.3 Å². The molecule has 4 nitrogen and oxygen atoms in total. The van der Waals surface area contributed by atoms with Crippen molar-refractivity contribution >= 4 is 11.9 Å². The molecule has 0 fully saturated rings. The van der Waals surface area contributed by atoms with Crippen molar-refractivity contribution in [3.05, 3.63) is 35.4 Å². The Balaban J connectivity index is 2.30. The quantitative estimate of drug-likeness (QED) is 0.159. The second-order valence-electron chi connectivity index (χ2n) is 8.94. The summed E-state index contributed by atoms with van der Waals surface area (Å²) in [7, 11) is 0. The van der Waals surface area contributed by atoms with E-state index >= 15 is 0 Å². The van der Waals surface area contributed by atoms with E-state index in [9.17, 15) is 9.59 Å². The van der Waals surface area contributed by atoms with Crippen molar-refractivity contribution in [3.8, 4) is 0 Å². The van der Waals surface area contributed by atoms with Crippen molar-refractivity contribution in [2.75, 3.05) is 13.2 Å². The van der Waals surface area contributed by atoms with Crippen LogP contribution in [-0.2, 0) is 9.47 Å². The van der Waals surface area contributed by atoms with Gasteiger partial charge in [-0.2, -0.15) is 0 Å². The SMILES string of the molecule is CCCCCCCCCCOC(=O)c1ccc(C(=O)OCC(CCC)CCCCC)cc1. The molecule has 1 unspecified atom stereocenters. The van der Waals surface area contributed by atoms with Gasteiger partial charge in [-0.15, -0.1) is 0 Å². The molecule has 1 aromatic rings. The van der Waals surface area contributed by atoms with Crippen molar-refractivity contribution in [1.29, 1.82) is 0 Å². The van der Waals surface area contributed by atoms with Crippen LogP contribution >= 0.6 is 0 Å². The highest BCUT2D eigenvalue weighted by molar-refractivity contribution is 5.93. The zero-order valence-electron chi connectivity index (χ0n) is 20.8. The van der Waals surface area contributed by atoms with Crippen LogP contribution in [0.2, 0.25) is 0 Å². The fourth-order valence-corrected chi connectivity index (χ4v) is 3.91. The number of rotatable bonds is 19. The van der Waals surface area contributed by atoms with Crippen molar-refractivity contribution in [2.45, 2.75) is 111 Å². The van der Waals surface area contributed by atoms with Crippen molar-refractivity contribution in [2.24, 2.45) is 5.92 Å². The van der Waals surface area contributed by atoms with Crippen LogP contribution in [0.15, 0.2) is 24.3 Å². The summed E-state index contributed by atoms with van der Waals surface area (Å²) in [5, 5.41) is 0. The minimum absolute atomic E-state index is 0.319. The van der Waals surface area contributed by atoms with Crippen LogP contribution in [0.4, 0.5) is 0 Å². The molecule has 0 saturated heterocycles. The number of carbonyl (C=O) groups is 2. The number of ether oxygens (including phenoxy) is 2. The number of esters is 2. The van der Waals surface area contributed by atoms with Crippen molar-refractivity contribution in [1.82, 2.24) is 0 Å². The molecule has 0 aliphatic carbocycles. The predicted molar refractivity (Wildman–Crippen MR) is 132 cm³/mol. The Morgan fingerprint density at radius 1 is 0.625 bits per heavy atom. The zero-order chi connectivity index (χ0) is 23.4. The number of benzene rings is 1. The molecule has 0 aromatic heterocycles. The predicted octanol–water partition coefficient (Wildman–Crippen LogP) is 8.14. The van der Waals surface area contributed by atoms with Crippen LogP contribution < -0.4 is 0 Å². The molecule has 0 N–H and O–H groups in total. The maximum atomic E-state index is 12.4. The molecule has 0 aliphatic rings. The molecule has 0 aliphatic heterocycles. The Morgan fingerprint density at radius 3 is 1.69 bits per heavy atom. The molecule has 4 heteroatoms. The van der Waals surface area contributed by atoms with E-state index in [4.69, 9.17) is 9.47 Å². The monoisotopic (exact) mass is 446 g/mol. The summed E-state index contributed by atoms with van der Waals surface area (Å²) >= 11 is 0. The van der Waals surface area contributed by atoms with Gasteiger partial charge in [0.25, 0.3) is 0 Å². The topological polar surface area (TPSA) is 52.6 Å². The molecule has 0 radical (unpaired) electrons. The zero-order valence-corrected chi connectivity index (χ0v) is 20.8. The summed E-state index contributed by atoms with van der Waals surface area (Å²) in [6, 6.07) is 6.61. The lowest BCUT2D eigenvalue weighted by molar-refractivity contribution is 0.0421. The second-order valence-corrected chi connectivity index (χ2v) is 8.94. The summed E-state index contributed by atoms with van der Waals surface area (Å²) in [4.78, 5) is 24.6. The van der Waals surface area contributed by atoms with E-state index in [1.807, 2.05) is 0 Å². The van der Waals surface area contributed by atoms with Crippen LogP contribution in [-0.4, -0.2) is 25.2 Å². The van der Waals surface area contributed by atoms with Gasteiger partial charge in [-0.1, -0.05) is 91.4 Å². The average molecular weight is 447 g/mol. The number of unbranched alkanes of at least 4 members (excludes halogenated alkanes) is 9. The summed E-state index contributed by atoms with van der Waals surface area (Å²) < 4.78 is 10.9. The normalized spacial score (nSPS) is 11.8. The molecule has 0 spiro atoms. The van der Waals surface area contributed by atoms with Crippen LogP contribution in [0.1, 0.15) is 131 Å². The van der Waals surface area contributed by atoms with E-state index in [-0.39, 0.29) is 11.9 Å². The van der Waals surface area contributed by atoms with E-state index < -0.39 is 0 Å². The van der Waals surface area contributed by atoms with Crippen molar-refractivity contribution in [3.63, 3.8) is 0 Å². The largest absolute Gasteiger partial charge is 0.462 e. The van der Waals surface area contributed by atoms with Crippen molar-refractivity contribution < 1.29 is 19.1 Å². The van der Waals surface area contributed by atoms with E-state index in [1.54, 1.807) is 24.3 Å². The molecule has 0 saturated carbocycles. The van der Waals surface area contributed by atoms with Gasteiger partial charge in [0.05, 0.1) is 24.3 Å². The Hall–Kier alpha value is -1.84. The minimum atomic E-state index is -0.327. The fourth-order valence-electron chi connectivity index (χ4n) is 3.91. The average Bonchev–Trinajstić information content (AvgIpc) is 2.81. The lowest BCUT2D eigenvalue weighted by Gasteiger charge is -2.16. The van der Waals surface area contributed by atoms with E-state index in [2.05, 4.69) is 20.8 Å². The third-order valence-corrected chi connectivity index (χ3v) is 5.95. The lowest BCUT2D eigenvalue weighted by atomic mass is 9.97. The Morgan fingerprint density at radius 2 is 1.12 bits per heavy atom. The maximum absolute atomic E-state index is 12.4. The molecular formula is C28H46O4. The van der Waals surface area contributed by atoms with Gasteiger partial charge < -0.3 is 9.47 Å². The van der Waals surface area contributed by atoms with Gasteiger partial charge >= 0.3 is 11.9 Å². The van der Waals surface area contributed by atoms with Gasteiger partial charge in [-0.05, 0) is 49.4 Å². The summed E-state index contributed by atoms with van der Waals surface area (Å²) in [6.45, 7) is 7.52. The molecular weight excluding hydrogens is 400 g/mol. The first-order chi connectivity index (χ1) is 15.6. The van der Waals surface area contributed by atoms with Crippen LogP contribution in [0.5, 0.6) is 0 Å². The number of hydrogen-bond donors (Lipinski definition) is 0. The van der Waals surface area contributed by atoms with Crippen LogP contribution in [0.3, 0.4) is 0 Å². The molecule has 1 rings (SSSR count). The van der Waals surface area contributed by atoms with Gasteiger partial charge in [-0.3, -0.25) is 0 Å². The van der Waals surface area contributed by atoms with Gasteiger partial charge in [0.1, 0.15) is 0 Å². The van der Waals surface area contributed by atoms with Gasteiger partial charge in [-0.25, -0.2) is 9.59 Å². The fraction of sp³-hybridized carbons (Fsp3) is 0.714. The first-order valence-corrected chi connectivity index (χ1v) is 13.1. The second kappa shape index (κ2) is 18.7. The summed E-state index contributed by atoms with van der Waals surface area (Å²) in [5.74, 6) is -0.215. The molecule has 182 valence electrons. The first kappa shape index (κ1) is 28.2. The third kappa shape index (κ3) is 12.9. The molecule has 1 atom stereocenters. The highest BCUT2D eigenvalue weighted by Gasteiger charge is 2.14. The Bertz CT molecular complexity index is 608. The number of hydrogen-bond acceptors (Lipinski definition) is 4. The standard InChI is InChI=1S/C28H46O4/c1-4-7-9-10-11-12-13-15-22-31-27(29)25-18-20-26(21-19-25)28(30)32-23-24(16-6-3)17-14-8-5-2/h18-21,24H,4-17,22-23H2,1-3H3. The minimum Gasteiger partial charge on any atom is -0.462 e. The highest BCUT2D eigenvalue weighted by Crippen LogP contribution is 2.17. The van der Waals surface area contributed by atoms with Gasteiger partial charge in [0.15, 0.2) is 0 Å². The molecule has 0 heterocycles. The van der Waals surface area contributed by atoms with E-state index in [1.165, 1.54) is 57.8 Å². The Kier molecular flexibility index (Phi) is 16.5. The molecule has 0 amide bonds. The maximum Gasteiger partial charge on any atom is 0.338 e. The summed E-state index contributed by atoms with van der Waals surface area (Å²) in [6.07, 6.45) is 16.6. The highest BCUT2D eigenvalue weighted by atomic mass is 16.5. The summed E-state index contributed by atoms with van der Waals surface area (Å²) in [5.41, 5.74) is 0.956. The molecule has 1 aromatic carbocycles. The van der Waals surface area contributed by atoms with Crippen LogP contribution in [0, 0.1) is 5.92 Å². The van der Waals surface area contributed by atoms with E-state index in [0.717, 1.165) is 32.1 Å². The van der Waals surface area contributed by atoms with Crippen LogP contribution in [0.25, 0.3) is 0 Å². The smallest absolute Gasteiger partial charge is 0.338 e. The molecule has 32 heavy (non-hydrogen) atoms. The molecule has 0 bridgehead atoms. The van der Waals surface area contributed by atoms with Gasteiger partial charge in [0.2, 0.25) is 0 Å². The third-order valence-electron chi connectivity index (χ3n) is 5.95. The Labute approximate surface area is 196 Å². The lowest BCUT2D eigenvalue weighted by Crippen LogP contribution is -2.15. The first-order valence-electron chi connectivity index (χ1n) is 13.1. The number of carbonyl (C=O) groups excluding carboxylic acids is 2.